The van der Waals surface area contributed by atoms with Crippen molar-refractivity contribution in [3.63, 3.8) is 0 Å². The van der Waals surface area contributed by atoms with Crippen LogP contribution in [0.5, 0.6) is 0 Å². The van der Waals surface area contributed by atoms with Gasteiger partial charge in [0.25, 0.3) is 0 Å². The van der Waals surface area contributed by atoms with Gasteiger partial charge in [-0.2, -0.15) is 0 Å². The lowest BCUT2D eigenvalue weighted by Crippen LogP contribution is -3.00. The molecule has 0 amide bonds. The molecule has 0 aliphatic rings. The van der Waals surface area contributed by atoms with E-state index in [1.807, 2.05) is 0 Å². The van der Waals surface area contributed by atoms with Crippen molar-refractivity contribution in [3.8, 4) is 0 Å². The third-order valence-electron chi connectivity index (χ3n) is 0.195. The molecule has 0 aliphatic carbocycles. The predicted octanol–water partition coefficient (Wildman–Crippen LogP) is -4.01. The van der Waals surface area contributed by atoms with Crippen LogP contribution in [0.3, 0.4) is 0 Å². The lowest BCUT2D eigenvalue weighted by Gasteiger charge is -1.75. The number of rotatable bonds is 0. The van der Waals surface area contributed by atoms with E-state index < -0.39 is 0 Å². The summed E-state index contributed by atoms with van der Waals surface area (Å²) in [6.45, 7) is 0. The summed E-state index contributed by atoms with van der Waals surface area (Å²) in [5.41, 5.74) is 0. The van der Waals surface area contributed by atoms with Crippen LogP contribution in [0, 0.1) is 0 Å². The van der Waals surface area contributed by atoms with Gasteiger partial charge < -0.3 is 17.1 Å². The minimum atomic E-state index is -0.0231. The van der Waals surface area contributed by atoms with Crippen LogP contribution in [0.1, 0.15) is 0 Å². The second-order valence-corrected chi connectivity index (χ2v) is 0.881. The number of nitrogens with two attached hydrogens (primary N) is 1. The van der Waals surface area contributed by atoms with Gasteiger partial charge in [0.05, 0.1) is 7.11 Å². The highest BCUT2D eigenvalue weighted by atomic mass is 35.5. The Morgan fingerprint density at radius 3 is 2.00 bits per heavy atom. The summed E-state index contributed by atoms with van der Waals surface area (Å²) < 4.78 is 4.21. The van der Waals surface area contributed by atoms with Crippen molar-refractivity contribution in [2.45, 2.75) is 0 Å². The molecular weight excluding hydrogens is 125 g/mol. The maximum absolute atomic E-state index is 4.93. The molecular formula is C2H5Cl2NO. The summed E-state index contributed by atoms with van der Waals surface area (Å²) in [6.07, 6.45) is 0. The van der Waals surface area contributed by atoms with E-state index in [1.54, 1.807) is 0 Å². The van der Waals surface area contributed by atoms with E-state index in [-0.39, 0.29) is 17.8 Å². The first kappa shape index (κ1) is 9.41. The quantitative estimate of drug-likeness (QED) is 0.263. The fourth-order valence-corrected chi connectivity index (χ4v) is 0. The number of halogens is 2. The van der Waals surface area contributed by atoms with Crippen LogP contribution in [0.2, 0.25) is 0 Å². The van der Waals surface area contributed by atoms with Crippen LogP contribution >= 0.6 is 11.6 Å². The van der Waals surface area contributed by atoms with Gasteiger partial charge in [0.1, 0.15) is 0 Å². The summed E-state index contributed by atoms with van der Waals surface area (Å²) in [7, 11) is 1.41. The van der Waals surface area contributed by atoms with Crippen LogP contribution < -0.4 is 17.8 Å². The number of hydrogen-bond acceptors (Lipinski definition) is 1. The van der Waals surface area contributed by atoms with E-state index in [9.17, 15) is 0 Å². The molecule has 6 heavy (non-hydrogen) atoms. The van der Waals surface area contributed by atoms with Gasteiger partial charge in [-0.15, -0.1) is 0 Å². The first-order valence-corrected chi connectivity index (χ1v) is 1.47. The molecule has 2 N–H and O–H groups in total. The van der Waals surface area contributed by atoms with E-state index in [0.717, 1.165) is 0 Å². The largest absolute Gasteiger partial charge is 1.00 e. The molecule has 2 nitrogen and oxygen atoms in total. The third-order valence-corrected chi connectivity index (χ3v) is 0.349. The van der Waals surface area contributed by atoms with Crippen LogP contribution in [0.15, 0.2) is 0 Å². The number of methoxy groups -OCH3 is 1. The zero-order chi connectivity index (χ0) is 4.28. The smallest absolute Gasteiger partial charge is 0.435 e. The highest BCUT2D eigenvalue weighted by Gasteiger charge is 1.83. The first-order valence-electron chi connectivity index (χ1n) is 1.09. The predicted molar refractivity (Wildman–Crippen MR) is 19.8 cm³/mol. The zero-order valence-electron chi connectivity index (χ0n) is 3.24. The Labute approximate surface area is 47.4 Å². The van der Waals surface area contributed by atoms with Gasteiger partial charge in [0.15, 0.2) is 0 Å². The molecule has 0 aromatic carbocycles. The van der Waals surface area contributed by atoms with Gasteiger partial charge in [-0.1, -0.05) is 0 Å². The molecule has 0 heterocycles. The minimum absolute atomic E-state index is 0. The first-order chi connectivity index (χ1) is 2.27. The molecule has 0 rings (SSSR count). The Balaban J connectivity index is 0. The SMILES string of the molecule is COC(=[NH2+])Cl.[Cl-]. The van der Waals surface area contributed by atoms with Crippen molar-refractivity contribution in [1.82, 2.24) is 0 Å². The van der Waals surface area contributed by atoms with E-state index in [2.05, 4.69) is 4.74 Å². The molecule has 0 unspecified atom stereocenters. The Bertz CT molecular complexity index is 46.8. The normalized spacial score (nSPS) is 5.67. The molecule has 4 heteroatoms. The Morgan fingerprint density at radius 1 is 1.83 bits per heavy atom. The van der Waals surface area contributed by atoms with Crippen LogP contribution in [0.25, 0.3) is 0 Å². The lowest BCUT2D eigenvalue weighted by molar-refractivity contribution is -0.131. The summed E-state index contributed by atoms with van der Waals surface area (Å²) in [5.74, 6) is 0. The molecule has 0 saturated carbocycles. The van der Waals surface area contributed by atoms with Crippen molar-refractivity contribution in [2.24, 2.45) is 0 Å². The summed E-state index contributed by atoms with van der Waals surface area (Å²) in [4.78, 5) is 0. The standard InChI is InChI=1S/C2H4ClNO.ClH/c1-5-2(3)4;/h4H,1H3;1H. The summed E-state index contributed by atoms with van der Waals surface area (Å²) in [6, 6.07) is 0. The molecule has 0 atom stereocenters. The summed E-state index contributed by atoms with van der Waals surface area (Å²) >= 11 is 4.93. The fourth-order valence-electron chi connectivity index (χ4n) is 0. The lowest BCUT2D eigenvalue weighted by atomic mass is 11.4. The van der Waals surface area contributed by atoms with Crippen molar-refractivity contribution in [1.29, 1.82) is 0 Å². The zero-order valence-corrected chi connectivity index (χ0v) is 4.75. The highest BCUT2D eigenvalue weighted by molar-refractivity contribution is 6.60. The Morgan fingerprint density at radius 2 is 2.00 bits per heavy atom. The number of hydrogen-bond donors (Lipinski definition) is 1. The Kier molecular flexibility index (Phi) is 7.92. The van der Waals surface area contributed by atoms with Gasteiger partial charge >= 0.3 is 5.36 Å². The summed E-state index contributed by atoms with van der Waals surface area (Å²) in [5, 5.41) is 4.73. The molecule has 0 fully saturated rings. The monoisotopic (exact) mass is 129 g/mol. The minimum Gasteiger partial charge on any atom is -1.00 e. The van der Waals surface area contributed by atoms with Gasteiger partial charge in [-0.3, -0.25) is 0 Å². The molecule has 0 spiro atoms. The van der Waals surface area contributed by atoms with Gasteiger partial charge in [0.2, 0.25) is 0 Å². The molecule has 0 aromatic heterocycles. The van der Waals surface area contributed by atoms with Gasteiger partial charge in [0, 0.05) is 11.6 Å². The van der Waals surface area contributed by atoms with E-state index in [0.29, 0.717) is 0 Å². The molecule has 38 valence electrons. The van der Waals surface area contributed by atoms with E-state index in [4.69, 9.17) is 17.0 Å². The van der Waals surface area contributed by atoms with Crippen LogP contribution in [-0.4, -0.2) is 12.5 Å². The van der Waals surface area contributed by atoms with Gasteiger partial charge in [-0.25, -0.2) is 5.41 Å². The molecule has 0 aromatic rings. The molecule has 0 radical (unpaired) electrons. The van der Waals surface area contributed by atoms with E-state index in [1.165, 1.54) is 7.11 Å². The van der Waals surface area contributed by atoms with E-state index >= 15 is 0 Å². The Hall–Kier alpha value is 0.0500. The van der Waals surface area contributed by atoms with Crippen molar-refractivity contribution >= 4 is 17.0 Å². The molecule has 0 bridgehead atoms. The second-order valence-electron chi connectivity index (χ2n) is 0.508. The van der Waals surface area contributed by atoms with Crippen molar-refractivity contribution in [3.05, 3.63) is 0 Å². The van der Waals surface area contributed by atoms with Crippen LogP contribution in [-0.2, 0) is 4.74 Å². The van der Waals surface area contributed by atoms with Gasteiger partial charge in [-0.05, 0) is 0 Å². The van der Waals surface area contributed by atoms with Crippen LogP contribution in [0.4, 0.5) is 0 Å². The average Bonchev–Trinajstić information content (AvgIpc) is 1.38. The highest BCUT2D eigenvalue weighted by Crippen LogP contribution is 1.69. The van der Waals surface area contributed by atoms with Crippen molar-refractivity contribution < 1.29 is 22.6 Å². The second kappa shape index (κ2) is 5.05. The third kappa shape index (κ3) is 8.96. The van der Waals surface area contributed by atoms with Crippen molar-refractivity contribution in [2.75, 3.05) is 7.11 Å². The average molecular weight is 130 g/mol. The molecule has 0 saturated heterocycles. The maximum atomic E-state index is 4.93. The fraction of sp³-hybridized carbons (Fsp3) is 0.500. The maximum Gasteiger partial charge on any atom is 0.435 e. The number of ether oxygens (including phenoxy) is 1. The topological polar surface area (TPSA) is 34.8 Å². The molecule has 0 aliphatic heterocycles.